The molecule has 0 N–H and O–H groups in total. The lowest BCUT2D eigenvalue weighted by atomic mass is 9.92. The zero-order valence-electron chi connectivity index (χ0n) is 7.85. The van der Waals surface area contributed by atoms with E-state index in [1.54, 1.807) is 0 Å². The average molecular weight is 160 g/mol. The first-order valence-electron chi connectivity index (χ1n) is 4.25. The van der Waals surface area contributed by atoms with Crippen LogP contribution in [0.3, 0.4) is 0 Å². The van der Waals surface area contributed by atoms with Gasteiger partial charge in [0.15, 0.2) is 5.78 Å². The van der Waals surface area contributed by atoms with E-state index in [9.17, 15) is 4.79 Å². The minimum absolute atomic E-state index is 0.233. The highest BCUT2D eigenvalue weighted by molar-refractivity contribution is 6.24. The Morgan fingerprint density at radius 1 is 1.42 bits per heavy atom. The number of ketones is 1. The number of hydrogen-bond acceptors (Lipinski definition) is 1. The molecule has 0 saturated carbocycles. The predicted molar refractivity (Wildman–Crippen MR) is 53.6 cm³/mol. The van der Waals surface area contributed by atoms with Crippen molar-refractivity contribution in [2.75, 3.05) is 0 Å². The molecule has 1 rings (SSSR count). The van der Waals surface area contributed by atoms with E-state index in [-0.39, 0.29) is 5.78 Å². The molecule has 12 heavy (non-hydrogen) atoms. The molecule has 1 aromatic rings. The van der Waals surface area contributed by atoms with Crippen LogP contribution in [0, 0.1) is 13.8 Å². The predicted octanol–water partition coefficient (Wildman–Crippen LogP) is 1.54. The zero-order valence-corrected chi connectivity index (χ0v) is 7.85. The van der Waals surface area contributed by atoms with Gasteiger partial charge in [-0.1, -0.05) is 17.7 Å². The third kappa shape index (κ3) is 1.76. The Morgan fingerprint density at radius 2 is 2.08 bits per heavy atom. The summed E-state index contributed by atoms with van der Waals surface area (Å²) in [7, 11) is 1.89. The van der Waals surface area contributed by atoms with Crippen LogP contribution >= 0.6 is 0 Å². The van der Waals surface area contributed by atoms with E-state index in [1.165, 1.54) is 0 Å². The number of aryl methyl sites for hydroxylation is 2. The van der Waals surface area contributed by atoms with Gasteiger partial charge in [0.1, 0.15) is 7.85 Å². The van der Waals surface area contributed by atoms with Gasteiger partial charge in [-0.15, -0.1) is 0 Å². The summed E-state index contributed by atoms with van der Waals surface area (Å²) in [5, 5.41) is 0. The van der Waals surface area contributed by atoms with Crippen molar-refractivity contribution < 1.29 is 4.79 Å². The summed E-state index contributed by atoms with van der Waals surface area (Å²) in [5.41, 5.74) is 3.10. The highest BCUT2D eigenvalue weighted by Crippen LogP contribution is 2.12. The Hall–Kier alpha value is -1.05. The van der Waals surface area contributed by atoms with Crippen molar-refractivity contribution in [3.63, 3.8) is 0 Å². The maximum absolute atomic E-state index is 11.4. The molecule has 0 aliphatic heterocycles. The van der Waals surface area contributed by atoms with Gasteiger partial charge in [-0.05, 0) is 31.8 Å². The molecule has 0 radical (unpaired) electrons. The monoisotopic (exact) mass is 160 g/mol. The molecule has 0 aliphatic rings. The largest absolute Gasteiger partial charge is 0.295 e. The van der Waals surface area contributed by atoms with Crippen LogP contribution < -0.4 is 0 Å². The first kappa shape index (κ1) is 9.05. The van der Waals surface area contributed by atoms with Crippen molar-refractivity contribution in [2.45, 2.75) is 20.2 Å². The number of hydrogen-bond donors (Lipinski definition) is 0. The lowest BCUT2D eigenvalue weighted by Gasteiger charge is -2.03. The standard InChI is InChI=1S/C10H13BO/c1-7-3-4-8(2)9(5-7)10(12)6-11/h3-5H,6,11H2,1-2H3. The van der Waals surface area contributed by atoms with Gasteiger partial charge in [0.2, 0.25) is 0 Å². The first-order chi connectivity index (χ1) is 5.65. The minimum atomic E-state index is 0.233. The molecule has 2 heteroatoms. The molecule has 0 aliphatic carbocycles. The molecule has 0 spiro atoms. The lowest BCUT2D eigenvalue weighted by molar-refractivity contribution is 0.101. The molecule has 0 fully saturated rings. The molecule has 0 heterocycles. The van der Waals surface area contributed by atoms with Crippen molar-refractivity contribution >= 4 is 13.6 Å². The van der Waals surface area contributed by atoms with Gasteiger partial charge in [-0.3, -0.25) is 4.79 Å². The summed E-state index contributed by atoms with van der Waals surface area (Å²) in [6.07, 6.45) is 0.588. The summed E-state index contributed by atoms with van der Waals surface area (Å²) in [6.45, 7) is 3.98. The molecule has 0 amide bonds. The lowest BCUT2D eigenvalue weighted by Crippen LogP contribution is -2.00. The van der Waals surface area contributed by atoms with Gasteiger partial charge >= 0.3 is 0 Å². The van der Waals surface area contributed by atoms with Gasteiger partial charge in [0, 0.05) is 5.56 Å². The van der Waals surface area contributed by atoms with Crippen LogP contribution in [0.25, 0.3) is 0 Å². The van der Waals surface area contributed by atoms with Crippen molar-refractivity contribution in [3.8, 4) is 0 Å². The van der Waals surface area contributed by atoms with E-state index in [4.69, 9.17) is 0 Å². The molecule has 0 aromatic heterocycles. The second-order valence-corrected chi connectivity index (χ2v) is 3.10. The summed E-state index contributed by atoms with van der Waals surface area (Å²) >= 11 is 0. The van der Waals surface area contributed by atoms with E-state index in [2.05, 4.69) is 0 Å². The Morgan fingerprint density at radius 3 is 2.67 bits per heavy atom. The van der Waals surface area contributed by atoms with E-state index in [0.29, 0.717) is 6.32 Å². The van der Waals surface area contributed by atoms with Crippen molar-refractivity contribution in [3.05, 3.63) is 34.9 Å². The quantitative estimate of drug-likeness (QED) is 0.473. The molecule has 62 valence electrons. The molecular formula is C10H13BO. The third-order valence-electron chi connectivity index (χ3n) is 2.01. The van der Waals surface area contributed by atoms with Crippen LogP contribution in [0.4, 0.5) is 0 Å². The van der Waals surface area contributed by atoms with Crippen molar-refractivity contribution in [1.82, 2.24) is 0 Å². The van der Waals surface area contributed by atoms with Crippen LogP contribution in [-0.4, -0.2) is 13.6 Å². The summed E-state index contributed by atoms with van der Waals surface area (Å²) in [6, 6.07) is 5.99. The topological polar surface area (TPSA) is 17.1 Å². The Labute approximate surface area is 74.2 Å². The first-order valence-corrected chi connectivity index (χ1v) is 4.25. The molecule has 0 unspecified atom stereocenters. The molecule has 0 atom stereocenters. The van der Waals surface area contributed by atoms with Gasteiger partial charge in [0.05, 0.1) is 0 Å². The molecular weight excluding hydrogens is 147 g/mol. The summed E-state index contributed by atoms with van der Waals surface area (Å²) in [5.74, 6) is 0.233. The Balaban J connectivity index is 3.13. The fourth-order valence-electron chi connectivity index (χ4n) is 1.23. The number of rotatable bonds is 2. The zero-order chi connectivity index (χ0) is 9.14. The van der Waals surface area contributed by atoms with Crippen LogP contribution in [0.15, 0.2) is 18.2 Å². The Kier molecular flexibility index (Phi) is 2.69. The fourth-order valence-corrected chi connectivity index (χ4v) is 1.23. The van der Waals surface area contributed by atoms with E-state index < -0.39 is 0 Å². The van der Waals surface area contributed by atoms with E-state index in [0.717, 1.165) is 16.7 Å². The number of Topliss-reactive ketones (excluding diaryl/α,β-unsaturated/α-hetero) is 1. The van der Waals surface area contributed by atoms with Crippen molar-refractivity contribution in [1.29, 1.82) is 0 Å². The second kappa shape index (κ2) is 3.57. The number of benzene rings is 1. The summed E-state index contributed by atoms with van der Waals surface area (Å²) < 4.78 is 0. The maximum Gasteiger partial charge on any atom is 0.155 e. The van der Waals surface area contributed by atoms with Crippen LogP contribution in [-0.2, 0) is 0 Å². The van der Waals surface area contributed by atoms with Crippen LogP contribution in [0.2, 0.25) is 6.32 Å². The van der Waals surface area contributed by atoms with Gasteiger partial charge in [0.25, 0.3) is 0 Å². The van der Waals surface area contributed by atoms with Crippen LogP contribution in [0.1, 0.15) is 21.5 Å². The highest BCUT2D eigenvalue weighted by Gasteiger charge is 2.05. The van der Waals surface area contributed by atoms with Crippen molar-refractivity contribution in [2.24, 2.45) is 0 Å². The molecule has 0 saturated heterocycles. The molecule has 1 aromatic carbocycles. The summed E-state index contributed by atoms with van der Waals surface area (Å²) in [4.78, 5) is 11.4. The van der Waals surface area contributed by atoms with Gasteiger partial charge in [-0.25, -0.2) is 0 Å². The van der Waals surface area contributed by atoms with Crippen LogP contribution in [0.5, 0.6) is 0 Å². The Bertz CT molecular complexity index is 305. The highest BCUT2D eigenvalue weighted by atomic mass is 16.1. The second-order valence-electron chi connectivity index (χ2n) is 3.10. The fraction of sp³-hybridized carbons (Fsp3) is 0.300. The van der Waals surface area contributed by atoms with Gasteiger partial charge in [-0.2, -0.15) is 0 Å². The molecule has 1 nitrogen and oxygen atoms in total. The number of carbonyl (C=O) groups is 1. The minimum Gasteiger partial charge on any atom is -0.295 e. The average Bonchev–Trinajstić information content (AvgIpc) is 2.08. The maximum atomic E-state index is 11.4. The third-order valence-corrected chi connectivity index (χ3v) is 2.01. The van der Waals surface area contributed by atoms with Gasteiger partial charge < -0.3 is 0 Å². The smallest absolute Gasteiger partial charge is 0.155 e. The SMILES string of the molecule is BCC(=O)c1cc(C)ccc1C. The normalized spacial score (nSPS) is 9.83. The molecule has 0 bridgehead atoms. The number of carbonyl (C=O) groups excluding carboxylic acids is 1. The van der Waals surface area contributed by atoms with E-state index in [1.807, 2.05) is 39.9 Å². The van der Waals surface area contributed by atoms with E-state index >= 15 is 0 Å².